The zero-order chi connectivity index (χ0) is 22.1. The van der Waals surface area contributed by atoms with Crippen molar-refractivity contribution in [1.29, 1.82) is 0 Å². The molecule has 1 heterocycles. The number of carbonyl (C=O) groups is 2. The van der Waals surface area contributed by atoms with Crippen LogP contribution in [-0.4, -0.2) is 60.9 Å². The van der Waals surface area contributed by atoms with Gasteiger partial charge in [0.1, 0.15) is 0 Å². The largest absolute Gasteiger partial charge is 0.351 e. The molecular formula is C24H25Cl2N3O2. The monoisotopic (exact) mass is 457 g/mol. The minimum Gasteiger partial charge on any atom is -0.351 e. The quantitative estimate of drug-likeness (QED) is 0.639. The van der Waals surface area contributed by atoms with E-state index < -0.39 is 0 Å². The lowest BCUT2D eigenvalue weighted by atomic mass is 10.2. The normalized spacial score (nSPS) is 15.0. The first-order valence-corrected chi connectivity index (χ1v) is 10.9. The molecule has 31 heavy (non-hydrogen) atoms. The molecule has 0 aliphatic carbocycles. The van der Waals surface area contributed by atoms with Crippen LogP contribution < -0.4 is 5.32 Å². The highest BCUT2D eigenvalue weighted by molar-refractivity contribution is 6.31. The summed E-state index contributed by atoms with van der Waals surface area (Å²) in [5.41, 5.74) is 1.78. The summed E-state index contributed by atoms with van der Waals surface area (Å²) in [6.07, 6.45) is 6.62. The first-order chi connectivity index (χ1) is 15.0. The summed E-state index contributed by atoms with van der Waals surface area (Å²) in [6, 6.07) is 14.7. The van der Waals surface area contributed by atoms with E-state index in [-0.39, 0.29) is 11.8 Å². The summed E-state index contributed by atoms with van der Waals surface area (Å²) < 4.78 is 0. The van der Waals surface area contributed by atoms with Crippen molar-refractivity contribution in [2.75, 3.05) is 39.3 Å². The second-order valence-corrected chi connectivity index (χ2v) is 8.11. The molecule has 0 bridgehead atoms. The molecule has 0 spiro atoms. The maximum atomic E-state index is 12.4. The Hall–Kier alpha value is -2.60. The maximum Gasteiger partial charge on any atom is 0.246 e. The van der Waals surface area contributed by atoms with E-state index in [2.05, 4.69) is 10.2 Å². The fourth-order valence-corrected chi connectivity index (χ4v) is 3.65. The Balaban J connectivity index is 1.35. The summed E-state index contributed by atoms with van der Waals surface area (Å²) in [6.45, 7) is 4.21. The Morgan fingerprint density at radius 3 is 2.03 bits per heavy atom. The summed E-state index contributed by atoms with van der Waals surface area (Å²) in [7, 11) is 0. The molecule has 1 aliphatic heterocycles. The highest BCUT2D eigenvalue weighted by Gasteiger charge is 2.19. The van der Waals surface area contributed by atoms with Crippen LogP contribution in [0, 0.1) is 0 Å². The Labute approximate surface area is 192 Å². The molecule has 0 unspecified atom stereocenters. The van der Waals surface area contributed by atoms with E-state index in [1.165, 1.54) is 6.08 Å². The van der Waals surface area contributed by atoms with E-state index in [1.807, 2.05) is 35.2 Å². The molecule has 1 N–H and O–H groups in total. The smallest absolute Gasteiger partial charge is 0.246 e. The van der Waals surface area contributed by atoms with Gasteiger partial charge in [-0.15, -0.1) is 0 Å². The zero-order valence-electron chi connectivity index (χ0n) is 17.1. The van der Waals surface area contributed by atoms with Crippen molar-refractivity contribution in [3.8, 4) is 0 Å². The van der Waals surface area contributed by atoms with Gasteiger partial charge in [0, 0.05) is 61.5 Å². The predicted molar refractivity (Wildman–Crippen MR) is 127 cm³/mol. The average Bonchev–Trinajstić information content (AvgIpc) is 2.77. The molecule has 0 atom stereocenters. The molecule has 7 heteroatoms. The van der Waals surface area contributed by atoms with Crippen LogP contribution in [0.15, 0.2) is 60.7 Å². The van der Waals surface area contributed by atoms with Crippen molar-refractivity contribution in [2.24, 2.45) is 0 Å². The molecule has 3 rings (SSSR count). The standard InChI is InChI=1S/C24H25Cl2N3O2/c25-21-5-1-3-19(17-21)7-9-23(30)27-11-12-28-13-15-29(16-14-28)24(31)10-8-20-4-2-6-22(26)18-20/h1-10,17-18H,11-16H2,(H,27,30)/b9-7+,10-8+. The second kappa shape index (κ2) is 11.7. The maximum absolute atomic E-state index is 12.4. The SMILES string of the molecule is O=C(/C=C/c1cccc(Cl)c1)NCCN1CCN(C(=O)/C=C/c2cccc(Cl)c2)CC1. The number of amides is 2. The number of halogens is 2. The van der Waals surface area contributed by atoms with Crippen molar-refractivity contribution in [3.05, 3.63) is 81.9 Å². The molecule has 1 aliphatic rings. The third-order valence-corrected chi connectivity index (χ3v) is 5.42. The van der Waals surface area contributed by atoms with Gasteiger partial charge in [0.2, 0.25) is 11.8 Å². The van der Waals surface area contributed by atoms with Gasteiger partial charge in [-0.3, -0.25) is 14.5 Å². The minimum atomic E-state index is -0.139. The van der Waals surface area contributed by atoms with Crippen LogP contribution in [0.25, 0.3) is 12.2 Å². The summed E-state index contributed by atoms with van der Waals surface area (Å²) in [5, 5.41) is 4.18. The van der Waals surface area contributed by atoms with Crippen molar-refractivity contribution in [2.45, 2.75) is 0 Å². The number of nitrogens with zero attached hydrogens (tertiary/aromatic N) is 2. The third-order valence-electron chi connectivity index (χ3n) is 4.95. The third kappa shape index (κ3) is 7.87. The van der Waals surface area contributed by atoms with Crippen LogP contribution in [0.1, 0.15) is 11.1 Å². The van der Waals surface area contributed by atoms with Crippen LogP contribution in [0.5, 0.6) is 0 Å². The van der Waals surface area contributed by atoms with Crippen molar-refractivity contribution in [3.63, 3.8) is 0 Å². The Morgan fingerprint density at radius 1 is 0.871 bits per heavy atom. The minimum absolute atomic E-state index is 0.000851. The summed E-state index contributed by atoms with van der Waals surface area (Å²) >= 11 is 11.9. The van der Waals surface area contributed by atoms with E-state index in [9.17, 15) is 9.59 Å². The van der Waals surface area contributed by atoms with E-state index in [0.29, 0.717) is 29.7 Å². The number of carbonyl (C=O) groups excluding carboxylic acids is 2. The van der Waals surface area contributed by atoms with Crippen molar-refractivity contribution < 1.29 is 9.59 Å². The fraction of sp³-hybridized carbons (Fsp3) is 0.250. The highest BCUT2D eigenvalue weighted by Crippen LogP contribution is 2.13. The van der Waals surface area contributed by atoms with Gasteiger partial charge in [-0.1, -0.05) is 47.5 Å². The number of rotatable bonds is 7. The first kappa shape index (κ1) is 23.1. The molecule has 1 saturated heterocycles. The average molecular weight is 458 g/mol. The molecule has 0 saturated carbocycles. The zero-order valence-corrected chi connectivity index (χ0v) is 18.6. The van der Waals surface area contributed by atoms with Crippen molar-refractivity contribution in [1.82, 2.24) is 15.1 Å². The Kier molecular flexibility index (Phi) is 8.71. The van der Waals surface area contributed by atoms with Crippen LogP contribution in [0.3, 0.4) is 0 Å². The number of benzene rings is 2. The van der Waals surface area contributed by atoms with Crippen LogP contribution >= 0.6 is 23.2 Å². The second-order valence-electron chi connectivity index (χ2n) is 7.23. The lowest BCUT2D eigenvalue weighted by Crippen LogP contribution is -2.49. The number of nitrogens with one attached hydrogen (secondary N) is 1. The van der Waals surface area contributed by atoms with Crippen LogP contribution in [0.4, 0.5) is 0 Å². The molecular weight excluding hydrogens is 433 g/mol. The topological polar surface area (TPSA) is 52.7 Å². The predicted octanol–water partition coefficient (Wildman–Crippen LogP) is 3.98. The molecule has 162 valence electrons. The molecule has 2 amide bonds. The Morgan fingerprint density at radius 2 is 1.45 bits per heavy atom. The molecule has 2 aromatic carbocycles. The van der Waals surface area contributed by atoms with E-state index >= 15 is 0 Å². The molecule has 0 radical (unpaired) electrons. The summed E-state index contributed by atoms with van der Waals surface area (Å²) in [5.74, 6) is -0.140. The van der Waals surface area contributed by atoms with Gasteiger partial charge < -0.3 is 10.2 Å². The van der Waals surface area contributed by atoms with Gasteiger partial charge in [0.05, 0.1) is 0 Å². The number of hydrogen-bond donors (Lipinski definition) is 1. The van der Waals surface area contributed by atoms with Gasteiger partial charge in [0.15, 0.2) is 0 Å². The van der Waals surface area contributed by atoms with Gasteiger partial charge >= 0.3 is 0 Å². The van der Waals surface area contributed by atoms with Gasteiger partial charge in [-0.25, -0.2) is 0 Å². The van der Waals surface area contributed by atoms with Crippen molar-refractivity contribution >= 4 is 47.2 Å². The molecule has 1 fully saturated rings. The van der Waals surface area contributed by atoms with Crippen LogP contribution in [-0.2, 0) is 9.59 Å². The fourth-order valence-electron chi connectivity index (χ4n) is 3.25. The lowest BCUT2D eigenvalue weighted by Gasteiger charge is -2.34. The van der Waals surface area contributed by atoms with Gasteiger partial charge in [-0.05, 0) is 47.5 Å². The van der Waals surface area contributed by atoms with E-state index in [4.69, 9.17) is 23.2 Å². The van der Waals surface area contributed by atoms with E-state index in [1.54, 1.807) is 36.4 Å². The number of piperazine rings is 1. The first-order valence-electron chi connectivity index (χ1n) is 10.2. The lowest BCUT2D eigenvalue weighted by molar-refractivity contribution is -0.127. The molecule has 2 aromatic rings. The van der Waals surface area contributed by atoms with Gasteiger partial charge in [-0.2, -0.15) is 0 Å². The Bertz CT molecular complexity index is 964. The van der Waals surface area contributed by atoms with E-state index in [0.717, 1.165) is 30.8 Å². The van der Waals surface area contributed by atoms with Gasteiger partial charge in [0.25, 0.3) is 0 Å². The molecule has 5 nitrogen and oxygen atoms in total. The summed E-state index contributed by atoms with van der Waals surface area (Å²) in [4.78, 5) is 28.4. The highest BCUT2D eigenvalue weighted by atomic mass is 35.5. The number of hydrogen-bond acceptors (Lipinski definition) is 3. The van der Waals surface area contributed by atoms with Crippen LogP contribution in [0.2, 0.25) is 10.0 Å². The molecule has 0 aromatic heterocycles.